The van der Waals surface area contributed by atoms with Gasteiger partial charge in [0.05, 0.1) is 4.90 Å². The van der Waals surface area contributed by atoms with Gasteiger partial charge in [0.2, 0.25) is 0 Å². The lowest BCUT2D eigenvalue weighted by molar-refractivity contribution is 0.585. The van der Waals surface area contributed by atoms with Gasteiger partial charge in [-0.1, -0.05) is 18.2 Å². The van der Waals surface area contributed by atoms with E-state index >= 15 is 0 Å². The maximum Gasteiger partial charge on any atom is 0.267 e. The molecule has 0 aliphatic carbocycles. The molecule has 132 valence electrons. The molecule has 0 saturated heterocycles. The first-order chi connectivity index (χ1) is 12.5. The zero-order valence-electron chi connectivity index (χ0n) is 14.1. The van der Waals surface area contributed by atoms with Crippen molar-refractivity contribution in [2.45, 2.75) is 18.2 Å². The molecule has 0 bridgehead atoms. The Labute approximate surface area is 151 Å². The first kappa shape index (κ1) is 16.6. The molecule has 0 fully saturated rings. The molecule has 0 aliphatic heterocycles. The minimum absolute atomic E-state index is 0.235. The summed E-state index contributed by atoms with van der Waals surface area (Å²) >= 11 is 0. The van der Waals surface area contributed by atoms with Crippen LogP contribution in [0.3, 0.4) is 0 Å². The lowest BCUT2D eigenvalue weighted by Crippen LogP contribution is -2.15. The molecule has 4 aromatic rings. The van der Waals surface area contributed by atoms with Crippen molar-refractivity contribution in [2.75, 3.05) is 0 Å². The highest BCUT2D eigenvalue weighted by molar-refractivity contribution is 7.90. The average molecular weight is 368 g/mol. The highest BCUT2D eigenvalue weighted by atomic mass is 32.2. The number of aryl methyl sites for hydroxylation is 1. The van der Waals surface area contributed by atoms with E-state index in [4.69, 9.17) is 0 Å². The molecule has 2 heterocycles. The van der Waals surface area contributed by atoms with Crippen LogP contribution < -0.4 is 0 Å². The fraction of sp³-hybridized carbons (Fsp3) is 0.100. The molecule has 0 atom stereocenters. The molecule has 2 aromatic heterocycles. The Morgan fingerprint density at radius 1 is 1.04 bits per heavy atom. The number of aromatic nitrogens is 2. The second-order valence-electron chi connectivity index (χ2n) is 6.21. The third-order valence-corrected chi connectivity index (χ3v) is 6.27. The van der Waals surface area contributed by atoms with Crippen LogP contribution in [0.1, 0.15) is 17.0 Å². The minimum atomic E-state index is -3.67. The van der Waals surface area contributed by atoms with Crippen LogP contribution in [0.25, 0.3) is 10.9 Å². The Morgan fingerprint density at radius 3 is 2.58 bits per heavy atom. The number of halogens is 1. The number of nitrogens with one attached hydrogen (secondary N) is 1. The first-order valence-electron chi connectivity index (χ1n) is 8.20. The monoisotopic (exact) mass is 368 g/mol. The van der Waals surface area contributed by atoms with Crippen molar-refractivity contribution in [1.82, 2.24) is 8.96 Å². The minimum Gasteiger partial charge on any atom is -0.358 e. The summed E-state index contributed by atoms with van der Waals surface area (Å²) in [5.41, 5.74) is 3.25. The van der Waals surface area contributed by atoms with Gasteiger partial charge in [-0.05, 0) is 55.0 Å². The van der Waals surface area contributed by atoms with Crippen molar-refractivity contribution in [2.24, 2.45) is 0 Å². The molecule has 0 unspecified atom stereocenters. The van der Waals surface area contributed by atoms with Crippen molar-refractivity contribution in [3.63, 3.8) is 0 Å². The highest BCUT2D eigenvalue weighted by Gasteiger charge is 2.20. The van der Waals surface area contributed by atoms with Crippen LogP contribution in [0.4, 0.5) is 4.39 Å². The Hall–Kier alpha value is -2.86. The van der Waals surface area contributed by atoms with Crippen LogP contribution in [0.5, 0.6) is 0 Å². The highest BCUT2D eigenvalue weighted by Crippen LogP contribution is 2.27. The van der Waals surface area contributed by atoms with Gasteiger partial charge in [-0.3, -0.25) is 0 Å². The summed E-state index contributed by atoms with van der Waals surface area (Å²) in [5, 5.41) is 0.771. The second-order valence-corrected chi connectivity index (χ2v) is 8.02. The molecule has 26 heavy (non-hydrogen) atoms. The van der Waals surface area contributed by atoms with Gasteiger partial charge in [0, 0.05) is 34.9 Å². The molecule has 0 amide bonds. The van der Waals surface area contributed by atoms with Gasteiger partial charge in [0.15, 0.2) is 0 Å². The molecule has 1 N–H and O–H groups in total. The maximum absolute atomic E-state index is 13.7. The molecule has 4 rings (SSSR count). The quantitative estimate of drug-likeness (QED) is 0.586. The SMILES string of the molecule is Cc1[nH]c2ccc(F)cc2c1Cc1cccn1S(=O)(=O)c1ccccc1. The van der Waals surface area contributed by atoms with Crippen molar-refractivity contribution in [3.05, 3.63) is 89.6 Å². The van der Waals surface area contributed by atoms with E-state index in [2.05, 4.69) is 4.98 Å². The lowest BCUT2D eigenvalue weighted by atomic mass is 10.1. The molecular weight excluding hydrogens is 351 g/mol. The second kappa shape index (κ2) is 6.14. The fourth-order valence-corrected chi connectivity index (χ4v) is 4.64. The van der Waals surface area contributed by atoms with E-state index in [-0.39, 0.29) is 10.7 Å². The van der Waals surface area contributed by atoms with Gasteiger partial charge in [-0.15, -0.1) is 0 Å². The third-order valence-electron chi connectivity index (χ3n) is 4.53. The molecule has 6 heteroatoms. The smallest absolute Gasteiger partial charge is 0.267 e. The van der Waals surface area contributed by atoms with Gasteiger partial charge in [0.1, 0.15) is 5.82 Å². The van der Waals surface area contributed by atoms with E-state index in [1.807, 2.05) is 6.92 Å². The molecule has 4 nitrogen and oxygen atoms in total. The topological polar surface area (TPSA) is 54.9 Å². The van der Waals surface area contributed by atoms with E-state index in [0.29, 0.717) is 12.1 Å². The van der Waals surface area contributed by atoms with Crippen molar-refractivity contribution in [3.8, 4) is 0 Å². The summed E-state index contributed by atoms with van der Waals surface area (Å²) in [6, 6.07) is 16.4. The van der Waals surface area contributed by atoms with E-state index in [1.165, 1.54) is 16.1 Å². The summed E-state index contributed by atoms with van der Waals surface area (Å²) in [7, 11) is -3.67. The number of H-pyrrole nitrogens is 1. The number of aromatic amines is 1. The van der Waals surface area contributed by atoms with Gasteiger partial charge < -0.3 is 4.98 Å². The number of benzene rings is 2. The summed E-state index contributed by atoms with van der Waals surface area (Å²) < 4.78 is 40.9. The number of rotatable bonds is 4. The normalized spacial score (nSPS) is 11.9. The van der Waals surface area contributed by atoms with Crippen LogP contribution in [0, 0.1) is 12.7 Å². The Morgan fingerprint density at radius 2 is 1.81 bits per heavy atom. The predicted molar refractivity (Wildman–Crippen MR) is 99.3 cm³/mol. The Balaban J connectivity index is 1.80. The molecule has 0 aliphatic rings. The van der Waals surface area contributed by atoms with Crippen LogP contribution in [-0.4, -0.2) is 17.4 Å². The van der Waals surface area contributed by atoms with Crippen molar-refractivity contribution >= 4 is 20.9 Å². The first-order valence-corrected chi connectivity index (χ1v) is 9.64. The maximum atomic E-state index is 13.7. The average Bonchev–Trinajstić information content (AvgIpc) is 3.22. The van der Waals surface area contributed by atoms with Gasteiger partial charge in [-0.25, -0.2) is 16.8 Å². The largest absolute Gasteiger partial charge is 0.358 e. The van der Waals surface area contributed by atoms with Gasteiger partial charge in [0.25, 0.3) is 10.0 Å². The lowest BCUT2D eigenvalue weighted by Gasteiger charge is -2.11. The van der Waals surface area contributed by atoms with Gasteiger partial charge >= 0.3 is 0 Å². The van der Waals surface area contributed by atoms with E-state index in [1.54, 1.807) is 54.7 Å². The van der Waals surface area contributed by atoms with Crippen LogP contribution in [0.15, 0.2) is 71.8 Å². The van der Waals surface area contributed by atoms with E-state index in [0.717, 1.165) is 22.2 Å². The van der Waals surface area contributed by atoms with Crippen molar-refractivity contribution in [1.29, 1.82) is 0 Å². The summed E-state index contributed by atoms with van der Waals surface area (Å²) in [6.45, 7) is 1.91. The zero-order valence-corrected chi connectivity index (χ0v) is 14.9. The Kier molecular flexibility index (Phi) is 3.92. The number of hydrogen-bond acceptors (Lipinski definition) is 2. The van der Waals surface area contributed by atoms with E-state index in [9.17, 15) is 12.8 Å². The molecule has 0 spiro atoms. The number of nitrogens with zero attached hydrogens (tertiary/aromatic N) is 1. The predicted octanol–water partition coefficient (Wildman–Crippen LogP) is 4.24. The summed E-state index contributed by atoms with van der Waals surface area (Å²) in [6.07, 6.45) is 1.93. The van der Waals surface area contributed by atoms with Crippen molar-refractivity contribution < 1.29 is 12.8 Å². The van der Waals surface area contributed by atoms with Gasteiger partial charge in [-0.2, -0.15) is 0 Å². The fourth-order valence-electron chi connectivity index (χ4n) is 3.24. The molecule has 2 aromatic carbocycles. The number of hydrogen-bond donors (Lipinski definition) is 1. The number of fused-ring (bicyclic) bond motifs is 1. The molecule has 0 saturated carbocycles. The molecule has 0 radical (unpaired) electrons. The Bertz CT molecular complexity index is 1190. The molecular formula is C20H17FN2O2S. The standard InChI is InChI=1S/C20H17FN2O2S/c1-14-18(19-12-15(21)9-10-20(19)22-14)13-16-6-5-11-23(16)26(24,25)17-7-3-2-4-8-17/h2-12,22H,13H2,1H3. The van der Waals surface area contributed by atoms with Crippen LogP contribution in [0.2, 0.25) is 0 Å². The zero-order chi connectivity index (χ0) is 18.3. The van der Waals surface area contributed by atoms with Crippen LogP contribution >= 0.6 is 0 Å². The summed E-state index contributed by atoms with van der Waals surface area (Å²) in [4.78, 5) is 3.47. The summed E-state index contributed by atoms with van der Waals surface area (Å²) in [5.74, 6) is -0.315. The van der Waals surface area contributed by atoms with Crippen LogP contribution in [-0.2, 0) is 16.4 Å². The van der Waals surface area contributed by atoms with E-state index < -0.39 is 10.0 Å². The third kappa shape index (κ3) is 2.72.